The maximum Gasteiger partial charge on any atom is 0.311 e. The predicted octanol–water partition coefficient (Wildman–Crippen LogP) is 2.83. The van der Waals surface area contributed by atoms with Gasteiger partial charge in [-0.2, -0.15) is 0 Å². The maximum atomic E-state index is 11.3. The van der Waals surface area contributed by atoms with Gasteiger partial charge in [0, 0.05) is 5.92 Å². The number of carbonyl (C=O) groups is 1. The van der Waals surface area contributed by atoms with E-state index in [1.54, 1.807) is 13.2 Å². The molecule has 0 aromatic carbocycles. The van der Waals surface area contributed by atoms with Crippen LogP contribution in [0.3, 0.4) is 0 Å². The first-order valence-electron chi connectivity index (χ1n) is 6.39. The number of oxazole rings is 1. The van der Waals surface area contributed by atoms with E-state index >= 15 is 0 Å². The van der Waals surface area contributed by atoms with Crippen molar-refractivity contribution in [2.24, 2.45) is 0 Å². The highest BCUT2D eigenvalue weighted by Gasteiger charge is 2.20. The summed E-state index contributed by atoms with van der Waals surface area (Å²) in [6.45, 7) is 2.21. The molecular weight excluding hydrogens is 218 g/mol. The largest absolute Gasteiger partial charge is 0.466 e. The molecule has 1 aromatic heterocycles. The first kappa shape index (κ1) is 12.1. The van der Waals surface area contributed by atoms with Gasteiger partial charge in [0.05, 0.1) is 18.7 Å². The molecule has 1 heterocycles. The van der Waals surface area contributed by atoms with E-state index in [0.29, 0.717) is 18.2 Å². The van der Waals surface area contributed by atoms with Crippen LogP contribution in [-0.2, 0) is 16.0 Å². The number of ether oxygens (including phenoxy) is 1. The van der Waals surface area contributed by atoms with Crippen molar-refractivity contribution in [2.75, 3.05) is 6.61 Å². The molecule has 0 radical (unpaired) electrons. The van der Waals surface area contributed by atoms with Crippen LogP contribution in [0.25, 0.3) is 0 Å². The lowest BCUT2D eigenvalue weighted by molar-refractivity contribution is -0.142. The summed E-state index contributed by atoms with van der Waals surface area (Å²) in [4.78, 5) is 15.7. The third-order valence-corrected chi connectivity index (χ3v) is 3.15. The third kappa shape index (κ3) is 3.32. The zero-order chi connectivity index (χ0) is 12.1. The number of rotatable bonds is 4. The van der Waals surface area contributed by atoms with Gasteiger partial charge < -0.3 is 9.15 Å². The van der Waals surface area contributed by atoms with Crippen LogP contribution >= 0.6 is 0 Å². The van der Waals surface area contributed by atoms with Crippen LogP contribution in [0.15, 0.2) is 10.7 Å². The van der Waals surface area contributed by atoms with Crippen molar-refractivity contribution >= 4 is 5.97 Å². The minimum absolute atomic E-state index is 0.212. The minimum Gasteiger partial charge on any atom is -0.466 e. The summed E-state index contributed by atoms with van der Waals surface area (Å²) in [6.07, 6.45) is 7.91. The number of nitrogens with zero attached hydrogens (tertiary/aromatic N) is 1. The van der Waals surface area contributed by atoms with Crippen molar-refractivity contribution in [1.29, 1.82) is 0 Å². The Bertz CT molecular complexity index is 366. The molecule has 4 nitrogen and oxygen atoms in total. The molecule has 1 aliphatic rings. The fraction of sp³-hybridized carbons (Fsp3) is 0.692. The lowest BCUT2D eigenvalue weighted by Crippen LogP contribution is -2.08. The van der Waals surface area contributed by atoms with E-state index in [1.165, 1.54) is 19.3 Å². The monoisotopic (exact) mass is 237 g/mol. The number of esters is 1. The van der Waals surface area contributed by atoms with Crippen LogP contribution in [0.2, 0.25) is 0 Å². The molecule has 2 rings (SSSR count). The van der Waals surface area contributed by atoms with E-state index in [4.69, 9.17) is 9.15 Å². The van der Waals surface area contributed by atoms with E-state index in [-0.39, 0.29) is 12.4 Å². The number of hydrogen-bond donors (Lipinski definition) is 0. The van der Waals surface area contributed by atoms with Gasteiger partial charge in [-0.3, -0.25) is 4.79 Å². The van der Waals surface area contributed by atoms with Gasteiger partial charge in [-0.15, -0.1) is 0 Å². The van der Waals surface area contributed by atoms with Crippen LogP contribution in [0, 0.1) is 0 Å². The van der Waals surface area contributed by atoms with Crippen molar-refractivity contribution in [3.8, 4) is 0 Å². The predicted molar refractivity (Wildman–Crippen MR) is 62.7 cm³/mol. The summed E-state index contributed by atoms with van der Waals surface area (Å²) >= 11 is 0. The quantitative estimate of drug-likeness (QED) is 0.755. The molecule has 0 aliphatic heterocycles. The molecule has 94 valence electrons. The number of aromatic nitrogens is 1. The zero-order valence-corrected chi connectivity index (χ0v) is 10.3. The van der Waals surface area contributed by atoms with Crippen LogP contribution in [0.5, 0.6) is 0 Å². The first-order chi connectivity index (χ1) is 8.29. The average molecular weight is 237 g/mol. The van der Waals surface area contributed by atoms with Crippen molar-refractivity contribution < 1.29 is 13.9 Å². The van der Waals surface area contributed by atoms with E-state index in [0.717, 1.165) is 18.7 Å². The Labute approximate surface area is 101 Å². The molecule has 1 saturated carbocycles. The molecule has 0 unspecified atom stereocenters. The molecule has 4 heteroatoms. The van der Waals surface area contributed by atoms with Crippen LogP contribution in [0.1, 0.15) is 56.5 Å². The second kappa shape index (κ2) is 5.84. The minimum atomic E-state index is -0.240. The summed E-state index contributed by atoms with van der Waals surface area (Å²) in [5.41, 5.74) is 0.684. The Morgan fingerprint density at radius 1 is 1.47 bits per heavy atom. The highest BCUT2D eigenvalue weighted by Crippen LogP contribution is 2.31. The van der Waals surface area contributed by atoms with Crippen LogP contribution < -0.4 is 0 Å². The third-order valence-electron chi connectivity index (χ3n) is 3.15. The zero-order valence-electron chi connectivity index (χ0n) is 10.3. The summed E-state index contributed by atoms with van der Waals surface area (Å²) in [6, 6.07) is 0. The molecule has 0 atom stereocenters. The summed E-state index contributed by atoms with van der Waals surface area (Å²) in [7, 11) is 0. The van der Waals surface area contributed by atoms with Crippen molar-refractivity contribution in [3.05, 3.63) is 17.8 Å². The Kier molecular flexibility index (Phi) is 4.18. The van der Waals surface area contributed by atoms with E-state index in [1.807, 2.05) is 0 Å². The lowest BCUT2D eigenvalue weighted by atomic mass is 9.89. The van der Waals surface area contributed by atoms with E-state index in [2.05, 4.69) is 4.98 Å². The summed E-state index contributed by atoms with van der Waals surface area (Å²) < 4.78 is 10.3. The molecule has 0 amide bonds. The topological polar surface area (TPSA) is 52.3 Å². The fourth-order valence-electron chi connectivity index (χ4n) is 2.30. The van der Waals surface area contributed by atoms with Gasteiger partial charge in [0.1, 0.15) is 6.26 Å². The Morgan fingerprint density at radius 2 is 2.24 bits per heavy atom. The molecule has 0 N–H and O–H groups in total. The summed E-state index contributed by atoms with van der Waals surface area (Å²) in [5.74, 6) is 1.000. The normalized spacial score (nSPS) is 17.0. The highest BCUT2D eigenvalue weighted by molar-refractivity contribution is 5.71. The molecule has 17 heavy (non-hydrogen) atoms. The number of hydrogen-bond acceptors (Lipinski definition) is 4. The van der Waals surface area contributed by atoms with Gasteiger partial charge in [0.25, 0.3) is 0 Å². The van der Waals surface area contributed by atoms with Crippen molar-refractivity contribution in [3.63, 3.8) is 0 Å². The highest BCUT2D eigenvalue weighted by atomic mass is 16.5. The van der Waals surface area contributed by atoms with Crippen LogP contribution in [-0.4, -0.2) is 17.6 Å². The molecule has 1 fully saturated rings. The molecule has 0 spiro atoms. The number of carbonyl (C=O) groups excluding carboxylic acids is 1. The van der Waals surface area contributed by atoms with Gasteiger partial charge in [-0.05, 0) is 19.8 Å². The lowest BCUT2D eigenvalue weighted by Gasteiger charge is -2.17. The smallest absolute Gasteiger partial charge is 0.311 e. The van der Waals surface area contributed by atoms with E-state index in [9.17, 15) is 4.79 Å². The van der Waals surface area contributed by atoms with Gasteiger partial charge in [-0.1, -0.05) is 19.3 Å². The van der Waals surface area contributed by atoms with Crippen LogP contribution in [0.4, 0.5) is 0 Å². The molecule has 0 saturated heterocycles. The first-order valence-corrected chi connectivity index (χ1v) is 6.39. The van der Waals surface area contributed by atoms with Crippen molar-refractivity contribution in [2.45, 2.75) is 51.4 Å². The fourth-order valence-corrected chi connectivity index (χ4v) is 2.30. The molecular formula is C13H19NO3. The van der Waals surface area contributed by atoms with Gasteiger partial charge in [-0.25, -0.2) is 4.98 Å². The van der Waals surface area contributed by atoms with Gasteiger partial charge in [0.2, 0.25) is 0 Å². The molecule has 1 aromatic rings. The Morgan fingerprint density at radius 3 is 2.94 bits per heavy atom. The SMILES string of the molecule is CCOC(=O)Cc1coc(C2CCCCC2)n1. The Balaban J connectivity index is 1.93. The maximum absolute atomic E-state index is 11.3. The molecule has 0 bridgehead atoms. The summed E-state index contributed by atoms with van der Waals surface area (Å²) in [5, 5.41) is 0. The van der Waals surface area contributed by atoms with E-state index < -0.39 is 0 Å². The molecule has 1 aliphatic carbocycles. The second-order valence-corrected chi connectivity index (χ2v) is 4.49. The van der Waals surface area contributed by atoms with Gasteiger partial charge in [0.15, 0.2) is 5.89 Å². The van der Waals surface area contributed by atoms with Crippen molar-refractivity contribution in [1.82, 2.24) is 4.98 Å². The van der Waals surface area contributed by atoms with Gasteiger partial charge >= 0.3 is 5.97 Å². The standard InChI is InChI=1S/C13H19NO3/c1-2-16-12(15)8-11-9-17-13(14-11)10-6-4-3-5-7-10/h9-10H,2-8H2,1H3. The Hall–Kier alpha value is -1.32. The average Bonchev–Trinajstić information content (AvgIpc) is 2.79. The second-order valence-electron chi connectivity index (χ2n) is 4.49.